The Morgan fingerprint density at radius 1 is 1.24 bits per heavy atom. The van der Waals surface area contributed by atoms with Gasteiger partial charge in [-0.3, -0.25) is 10.2 Å². The zero-order valence-electron chi connectivity index (χ0n) is 17.6. The van der Waals surface area contributed by atoms with E-state index in [1.165, 1.54) is 0 Å². The van der Waals surface area contributed by atoms with E-state index in [4.69, 9.17) is 9.47 Å². The Morgan fingerprint density at radius 3 is 2.38 bits per heavy atom. The Bertz CT molecular complexity index is 743. The Morgan fingerprint density at radius 2 is 1.86 bits per heavy atom. The molecule has 0 bridgehead atoms. The van der Waals surface area contributed by atoms with Gasteiger partial charge in [0, 0.05) is 12.5 Å². The van der Waals surface area contributed by atoms with E-state index in [0.717, 1.165) is 10.5 Å². The number of amides is 2. The van der Waals surface area contributed by atoms with E-state index in [1.807, 2.05) is 30.3 Å². The van der Waals surface area contributed by atoms with Crippen molar-refractivity contribution in [2.75, 3.05) is 6.54 Å². The second-order valence-electron chi connectivity index (χ2n) is 8.46. The third kappa shape index (κ3) is 5.40. The molecule has 8 heteroatoms. The van der Waals surface area contributed by atoms with Crippen LogP contribution in [-0.2, 0) is 20.7 Å². The van der Waals surface area contributed by atoms with Crippen LogP contribution in [0, 0.1) is 5.92 Å². The second kappa shape index (κ2) is 8.71. The molecule has 1 aliphatic rings. The predicted molar refractivity (Wildman–Crippen MR) is 106 cm³/mol. The fraction of sp³-hybridized carbons (Fsp3) is 0.571. The Labute approximate surface area is 171 Å². The number of nitrogens with one attached hydrogen (secondary N) is 1. The van der Waals surface area contributed by atoms with Crippen LogP contribution in [0.5, 0.6) is 0 Å². The van der Waals surface area contributed by atoms with Gasteiger partial charge in [0.05, 0.1) is 6.10 Å². The molecule has 1 aliphatic heterocycles. The maximum Gasteiger partial charge on any atom is 0.412 e. The molecule has 0 aromatic heterocycles. The molecule has 2 rings (SSSR count). The molecule has 2 atom stereocenters. The number of carbonyl (C=O) groups is 3. The number of hydrogen-bond acceptors (Lipinski definition) is 5. The summed E-state index contributed by atoms with van der Waals surface area (Å²) in [6.45, 7) is 8.64. The van der Waals surface area contributed by atoms with Gasteiger partial charge in [0.2, 0.25) is 5.66 Å². The topological polar surface area (TPSA) is 105 Å². The largest absolute Gasteiger partial charge is 0.465 e. The first-order valence-corrected chi connectivity index (χ1v) is 9.72. The van der Waals surface area contributed by atoms with Crippen LogP contribution in [0.3, 0.4) is 0 Å². The van der Waals surface area contributed by atoms with Crippen LogP contribution in [0.4, 0.5) is 9.59 Å². The Kier molecular flexibility index (Phi) is 6.77. The van der Waals surface area contributed by atoms with E-state index in [0.29, 0.717) is 12.8 Å². The summed E-state index contributed by atoms with van der Waals surface area (Å²) in [6, 6.07) is 9.41. The van der Waals surface area contributed by atoms with Gasteiger partial charge in [-0.2, -0.15) is 0 Å². The van der Waals surface area contributed by atoms with Crippen LogP contribution in [0.25, 0.3) is 0 Å². The van der Waals surface area contributed by atoms with Gasteiger partial charge in [0.25, 0.3) is 0 Å². The molecule has 1 aromatic carbocycles. The number of rotatable bonds is 5. The monoisotopic (exact) mass is 406 g/mol. The molecule has 0 saturated carbocycles. The number of ether oxygens (including phenoxy) is 2. The third-order valence-electron chi connectivity index (χ3n) is 4.61. The van der Waals surface area contributed by atoms with E-state index < -0.39 is 41.4 Å². The highest BCUT2D eigenvalue weighted by molar-refractivity contribution is 5.90. The van der Waals surface area contributed by atoms with Crippen LogP contribution in [0.2, 0.25) is 0 Å². The summed E-state index contributed by atoms with van der Waals surface area (Å²) >= 11 is 0. The molecule has 0 spiro atoms. The van der Waals surface area contributed by atoms with Crippen LogP contribution in [0.1, 0.15) is 46.6 Å². The number of benzene rings is 1. The van der Waals surface area contributed by atoms with Crippen LogP contribution < -0.4 is 5.32 Å². The average molecular weight is 406 g/mol. The second-order valence-corrected chi connectivity index (χ2v) is 8.46. The van der Waals surface area contributed by atoms with Crippen molar-refractivity contribution in [1.82, 2.24) is 10.2 Å². The van der Waals surface area contributed by atoms with Gasteiger partial charge in [-0.05, 0) is 53.0 Å². The minimum atomic E-state index is -1.87. The number of carbonyl (C=O) groups excluding carboxylic acids is 2. The van der Waals surface area contributed by atoms with Crippen molar-refractivity contribution in [3.05, 3.63) is 35.9 Å². The number of likely N-dealkylation sites (tertiary alicyclic amines) is 1. The maximum atomic E-state index is 13.2. The van der Waals surface area contributed by atoms with Gasteiger partial charge < -0.3 is 14.6 Å². The normalized spacial score (nSPS) is 21.7. The van der Waals surface area contributed by atoms with E-state index in [2.05, 4.69) is 5.32 Å². The van der Waals surface area contributed by atoms with Crippen molar-refractivity contribution >= 4 is 18.2 Å². The van der Waals surface area contributed by atoms with E-state index in [9.17, 15) is 19.5 Å². The molecule has 0 aliphatic carbocycles. The summed E-state index contributed by atoms with van der Waals surface area (Å²) in [5.74, 6) is -1.32. The summed E-state index contributed by atoms with van der Waals surface area (Å²) in [5.41, 5.74) is -1.74. The van der Waals surface area contributed by atoms with Gasteiger partial charge in [-0.15, -0.1) is 0 Å². The lowest BCUT2D eigenvalue weighted by Gasteiger charge is -2.40. The molecular formula is C21H30N2O6. The standard InChI is InChI=1S/C21H30N2O6/c1-14(2)28-17(24)21(22-18(25)26)16(13-15-9-7-6-8-10-15)11-12-23(21)19(27)29-20(3,4)5/h6-10,14,16,22H,11-13H2,1-5H3,(H,25,26). The average Bonchev–Trinajstić information content (AvgIpc) is 2.92. The van der Waals surface area contributed by atoms with Crippen molar-refractivity contribution in [2.45, 2.75) is 64.8 Å². The highest BCUT2D eigenvalue weighted by atomic mass is 16.6. The Hall–Kier alpha value is -2.77. The first-order chi connectivity index (χ1) is 13.5. The zero-order chi connectivity index (χ0) is 21.8. The minimum absolute atomic E-state index is 0.167. The molecule has 0 radical (unpaired) electrons. The van der Waals surface area contributed by atoms with Crippen molar-refractivity contribution in [3.8, 4) is 0 Å². The van der Waals surface area contributed by atoms with E-state index in [1.54, 1.807) is 34.6 Å². The van der Waals surface area contributed by atoms with Crippen molar-refractivity contribution in [2.24, 2.45) is 5.92 Å². The first kappa shape index (κ1) is 22.5. The molecule has 1 aromatic rings. The van der Waals surface area contributed by atoms with E-state index in [-0.39, 0.29) is 6.54 Å². The minimum Gasteiger partial charge on any atom is -0.465 e. The molecule has 1 fully saturated rings. The van der Waals surface area contributed by atoms with Crippen molar-refractivity contribution < 1.29 is 29.0 Å². The van der Waals surface area contributed by atoms with Gasteiger partial charge in [0.15, 0.2) is 0 Å². The summed E-state index contributed by atoms with van der Waals surface area (Å²) in [5, 5.41) is 11.9. The maximum absolute atomic E-state index is 13.2. The smallest absolute Gasteiger partial charge is 0.412 e. The lowest BCUT2D eigenvalue weighted by Crippen LogP contribution is -2.68. The molecule has 2 amide bonds. The van der Waals surface area contributed by atoms with E-state index >= 15 is 0 Å². The number of esters is 1. The Balaban J connectivity index is 2.49. The summed E-state index contributed by atoms with van der Waals surface area (Å²) in [4.78, 5) is 39.0. The van der Waals surface area contributed by atoms with Crippen molar-refractivity contribution in [3.63, 3.8) is 0 Å². The number of hydrogen-bond donors (Lipinski definition) is 2. The summed E-state index contributed by atoms with van der Waals surface area (Å²) in [7, 11) is 0. The lowest BCUT2D eigenvalue weighted by atomic mass is 9.87. The highest BCUT2D eigenvalue weighted by Gasteiger charge is 2.60. The molecule has 29 heavy (non-hydrogen) atoms. The van der Waals surface area contributed by atoms with Gasteiger partial charge >= 0.3 is 18.2 Å². The van der Waals surface area contributed by atoms with Gasteiger partial charge in [-0.1, -0.05) is 30.3 Å². The predicted octanol–water partition coefficient (Wildman–Crippen LogP) is 3.40. The third-order valence-corrected chi connectivity index (χ3v) is 4.61. The zero-order valence-corrected chi connectivity index (χ0v) is 17.6. The molecule has 2 unspecified atom stereocenters. The fourth-order valence-corrected chi connectivity index (χ4v) is 3.56. The quantitative estimate of drug-likeness (QED) is 0.726. The SMILES string of the molecule is CC(C)OC(=O)C1(NC(=O)O)C(Cc2ccccc2)CCN1C(=O)OC(C)(C)C. The van der Waals surface area contributed by atoms with Gasteiger partial charge in [-0.25, -0.2) is 14.4 Å². The molecular weight excluding hydrogens is 376 g/mol. The van der Waals surface area contributed by atoms with Crippen LogP contribution in [0.15, 0.2) is 30.3 Å². The molecule has 2 N–H and O–H groups in total. The highest BCUT2D eigenvalue weighted by Crippen LogP contribution is 2.38. The van der Waals surface area contributed by atoms with Crippen LogP contribution >= 0.6 is 0 Å². The molecule has 1 saturated heterocycles. The number of carboxylic acid groups (broad SMARTS) is 1. The summed E-state index contributed by atoms with van der Waals surface area (Å²) in [6.07, 6.45) is -1.84. The van der Waals surface area contributed by atoms with Crippen LogP contribution in [-0.4, -0.2) is 52.1 Å². The molecule has 160 valence electrons. The van der Waals surface area contributed by atoms with Gasteiger partial charge in [0.1, 0.15) is 5.60 Å². The lowest BCUT2D eigenvalue weighted by molar-refractivity contribution is -0.165. The molecule has 1 heterocycles. The summed E-state index contributed by atoms with van der Waals surface area (Å²) < 4.78 is 10.9. The number of nitrogens with zero attached hydrogens (tertiary/aromatic N) is 1. The van der Waals surface area contributed by atoms with Crippen molar-refractivity contribution in [1.29, 1.82) is 0 Å². The first-order valence-electron chi connectivity index (χ1n) is 9.72. The fourth-order valence-electron chi connectivity index (χ4n) is 3.56. The molecule has 8 nitrogen and oxygen atoms in total.